The number of rotatable bonds is 8. The van der Waals surface area contributed by atoms with E-state index in [1.807, 2.05) is 0 Å². The number of anilines is 1. The van der Waals surface area contributed by atoms with E-state index in [-0.39, 0.29) is 23.6 Å². The predicted octanol–water partition coefficient (Wildman–Crippen LogP) is 2.67. The molecule has 0 saturated carbocycles. The highest BCUT2D eigenvalue weighted by atomic mass is 16.5. The number of hydrogen-bond donors (Lipinski definition) is 3. The summed E-state index contributed by atoms with van der Waals surface area (Å²) in [4.78, 5) is 22.8. The number of benzene rings is 2. The van der Waals surface area contributed by atoms with E-state index in [4.69, 9.17) is 14.6 Å². The molecule has 0 unspecified atom stereocenters. The predicted molar refractivity (Wildman–Crippen MR) is 91.3 cm³/mol. The molecule has 2 aromatic carbocycles. The average molecular weight is 343 g/mol. The van der Waals surface area contributed by atoms with Crippen molar-refractivity contribution >= 4 is 17.6 Å². The van der Waals surface area contributed by atoms with Crippen molar-refractivity contribution in [1.29, 1.82) is 0 Å². The molecule has 0 aliphatic carbocycles. The monoisotopic (exact) mass is 343 g/mol. The molecule has 0 aromatic heterocycles. The molecular formula is C18H17NO6. The Bertz CT molecular complexity index is 787. The lowest BCUT2D eigenvalue weighted by molar-refractivity contribution is -0.118. The number of carbonyl (C=O) groups is 2. The minimum atomic E-state index is -1.17. The Morgan fingerprint density at radius 3 is 2.40 bits per heavy atom. The zero-order valence-corrected chi connectivity index (χ0v) is 13.3. The van der Waals surface area contributed by atoms with Crippen LogP contribution in [0.2, 0.25) is 0 Å². The largest absolute Gasteiger partial charge is 0.506 e. The van der Waals surface area contributed by atoms with Crippen molar-refractivity contribution in [2.75, 3.05) is 18.5 Å². The molecule has 7 heteroatoms. The van der Waals surface area contributed by atoms with Gasteiger partial charge in [0, 0.05) is 0 Å². The van der Waals surface area contributed by atoms with Crippen LogP contribution in [-0.4, -0.2) is 35.3 Å². The SMILES string of the molecule is C=CCOc1ccccc1OCC(=O)Nc1ccc(C(=O)O)cc1O. The van der Waals surface area contributed by atoms with Gasteiger partial charge in [0.05, 0.1) is 11.3 Å². The molecule has 0 radical (unpaired) electrons. The molecule has 3 N–H and O–H groups in total. The lowest BCUT2D eigenvalue weighted by Crippen LogP contribution is -2.20. The first-order valence-corrected chi connectivity index (χ1v) is 7.33. The first-order valence-electron chi connectivity index (χ1n) is 7.33. The molecular weight excluding hydrogens is 326 g/mol. The molecule has 0 aliphatic rings. The van der Waals surface area contributed by atoms with Gasteiger partial charge in [-0.2, -0.15) is 0 Å². The topological polar surface area (TPSA) is 105 Å². The highest BCUT2D eigenvalue weighted by Gasteiger charge is 2.12. The number of amides is 1. The van der Waals surface area contributed by atoms with Gasteiger partial charge in [0.1, 0.15) is 12.4 Å². The summed E-state index contributed by atoms with van der Waals surface area (Å²) in [5.41, 5.74) is 0.00911. The van der Waals surface area contributed by atoms with Crippen molar-refractivity contribution < 1.29 is 29.3 Å². The van der Waals surface area contributed by atoms with Crippen molar-refractivity contribution in [2.24, 2.45) is 0 Å². The van der Waals surface area contributed by atoms with Gasteiger partial charge >= 0.3 is 5.97 Å². The highest BCUT2D eigenvalue weighted by molar-refractivity contribution is 5.95. The maximum atomic E-state index is 12.0. The number of aromatic carboxylic acids is 1. The second-order valence-electron chi connectivity index (χ2n) is 4.92. The second kappa shape index (κ2) is 8.39. The van der Waals surface area contributed by atoms with Crippen LogP contribution in [0.1, 0.15) is 10.4 Å². The molecule has 130 valence electrons. The molecule has 7 nitrogen and oxygen atoms in total. The molecule has 0 bridgehead atoms. The van der Waals surface area contributed by atoms with Crippen LogP contribution in [0.5, 0.6) is 17.2 Å². The summed E-state index contributed by atoms with van der Waals surface area (Å²) in [5, 5.41) is 21.1. The number of phenolic OH excluding ortho intramolecular Hbond substituents is 1. The lowest BCUT2D eigenvalue weighted by atomic mass is 10.2. The number of ether oxygens (including phenoxy) is 2. The van der Waals surface area contributed by atoms with E-state index >= 15 is 0 Å². The summed E-state index contributed by atoms with van der Waals surface area (Å²) in [6, 6.07) is 10.5. The van der Waals surface area contributed by atoms with Crippen molar-refractivity contribution in [3.8, 4) is 17.2 Å². The van der Waals surface area contributed by atoms with Gasteiger partial charge in [-0.3, -0.25) is 4.79 Å². The quantitative estimate of drug-likeness (QED) is 0.503. The van der Waals surface area contributed by atoms with E-state index in [9.17, 15) is 14.7 Å². The fraction of sp³-hybridized carbons (Fsp3) is 0.111. The Kier molecular flexibility index (Phi) is 6.00. The molecule has 0 fully saturated rings. The van der Waals surface area contributed by atoms with E-state index in [2.05, 4.69) is 11.9 Å². The second-order valence-corrected chi connectivity index (χ2v) is 4.92. The summed E-state index contributed by atoms with van der Waals surface area (Å²) in [7, 11) is 0. The lowest BCUT2D eigenvalue weighted by Gasteiger charge is -2.12. The van der Waals surface area contributed by atoms with Crippen LogP contribution >= 0.6 is 0 Å². The van der Waals surface area contributed by atoms with E-state index in [1.54, 1.807) is 30.3 Å². The molecule has 0 spiro atoms. The first-order chi connectivity index (χ1) is 12.0. The van der Waals surface area contributed by atoms with Gasteiger partial charge < -0.3 is 25.0 Å². The fourth-order valence-corrected chi connectivity index (χ4v) is 1.94. The fourth-order valence-electron chi connectivity index (χ4n) is 1.94. The highest BCUT2D eigenvalue weighted by Crippen LogP contribution is 2.27. The number of nitrogens with one attached hydrogen (secondary N) is 1. The molecule has 0 saturated heterocycles. The summed E-state index contributed by atoms with van der Waals surface area (Å²) < 4.78 is 10.8. The van der Waals surface area contributed by atoms with Crippen LogP contribution in [0.3, 0.4) is 0 Å². The van der Waals surface area contributed by atoms with Crippen molar-refractivity contribution in [3.05, 3.63) is 60.7 Å². The molecule has 0 atom stereocenters. The third kappa shape index (κ3) is 5.00. The van der Waals surface area contributed by atoms with Crippen molar-refractivity contribution in [3.63, 3.8) is 0 Å². The third-order valence-corrected chi connectivity index (χ3v) is 3.08. The van der Waals surface area contributed by atoms with Gasteiger partial charge in [0.2, 0.25) is 0 Å². The smallest absolute Gasteiger partial charge is 0.335 e. The van der Waals surface area contributed by atoms with E-state index in [0.29, 0.717) is 18.1 Å². The van der Waals surface area contributed by atoms with Gasteiger partial charge in [-0.15, -0.1) is 0 Å². The van der Waals surface area contributed by atoms with E-state index in [1.165, 1.54) is 12.1 Å². The molecule has 0 heterocycles. The normalized spacial score (nSPS) is 9.92. The van der Waals surface area contributed by atoms with Crippen LogP contribution < -0.4 is 14.8 Å². The van der Waals surface area contributed by atoms with Crippen LogP contribution in [0.25, 0.3) is 0 Å². The van der Waals surface area contributed by atoms with E-state index < -0.39 is 11.9 Å². The summed E-state index contributed by atoms with van der Waals surface area (Å²) >= 11 is 0. The molecule has 2 rings (SSSR count). The first kappa shape index (κ1) is 17.9. The maximum absolute atomic E-state index is 12.0. The van der Waals surface area contributed by atoms with Crippen LogP contribution in [0.4, 0.5) is 5.69 Å². The average Bonchev–Trinajstić information content (AvgIpc) is 2.60. The number of carbonyl (C=O) groups excluding carboxylic acids is 1. The Morgan fingerprint density at radius 1 is 1.12 bits per heavy atom. The third-order valence-electron chi connectivity index (χ3n) is 3.08. The van der Waals surface area contributed by atoms with E-state index in [0.717, 1.165) is 6.07 Å². The number of phenols is 1. The zero-order valence-electron chi connectivity index (χ0n) is 13.3. The van der Waals surface area contributed by atoms with Crippen molar-refractivity contribution in [1.82, 2.24) is 0 Å². The summed E-state index contributed by atoms with van der Waals surface area (Å²) in [5.74, 6) is -1.17. The molecule has 1 amide bonds. The minimum absolute atomic E-state index is 0.0833. The van der Waals surface area contributed by atoms with Gasteiger partial charge in [0.25, 0.3) is 5.91 Å². The zero-order chi connectivity index (χ0) is 18.2. The van der Waals surface area contributed by atoms with Crippen LogP contribution in [-0.2, 0) is 4.79 Å². The minimum Gasteiger partial charge on any atom is -0.506 e. The standard InChI is InChI=1S/C18H17NO6/c1-2-9-24-15-5-3-4-6-16(15)25-11-17(21)19-13-8-7-12(18(22)23)10-14(13)20/h2-8,10,20H,1,9,11H2,(H,19,21)(H,22,23). The molecule has 25 heavy (non-hydrogen) atoms. The van der Waals surface area contributed by atoms with Gasteiger partial charge in [0.15, 0.2) is 18.1 Å². The number of aromatic hydroxyl groups is 1. The van der Waals surface area contributed by atoms with Gasteiger partial charge in [-0.25, -0.2) is 4.79 Å². The Balaban J connectivity index is 1.97. The summed E-state index contributed by atoms with van der Waals surface area (Å²) in [6.45, 7) is 3.55. The number of carboxylic acids is 1. The number of hydrogen-bond acceptors (Lipinski definition) is 5. The van der Waals surface area contributed by atoms with Gasteiger partial charge in [-0.05, 0) is 30.3 Å². The molecule has 2 aromatic rings. The Morgan fingerprint density at radius 2 is 1.80 bits per heavy atom. The van der Waals surface area contributed by atoms with Crippen LogP contribution in [0, 0.1) is 0 Å². The maximum Gasteiger partial charge on any atom is 0.335 e. The Labute approximate surface area is 144 Å². The van der Waals surface area contributed by atoms with Crippen LogP contribution in [0.15, 0.2) is 55.1 Å². The molecule has 0 aliphatic heterocycles. The van der Waals surface area contributed by atoms with Gasteiger partial charge in [-0.1, -0.05) is 24.8 Å². The van der Waals surface area contributed by atoms with Crippen molar-refractivity contribution in [2.45, 2.75) is 0 Å². The summed E-state index contributed by atoms with van der Waals surface area (Å²) in [6.07, 6.45) is 1.59. The number of para-hydroxylation sites is 2. The number of carboxylic acid groups (broad SMARTS) is 1. The Hall–Kier alpha value is -3.48.